The largest absolute Gasteiger partial charge is 0.310 e. The van der Waals surface area contributed by atoms with Crippen molar-refractivity contribution >= 4 is 11.8 Å². The molecule has 2 saturated heterocycles. The molecule has 9 heavy (non-hydrogen) atoms. The van der Waals surface area contributed by atoms with Crippen LogP contribution in [-0.2, 0) is 0 Å². The minimum Gasteiger partial charge on any atom is -0.310 e. The van der Waals surface area contributed by atoms with Crippen molar-refractivity contribution in [3.63, 3.8) is 0 Å². The molecule has 52 valence electrons. The Morgan fingerprint density at radius 2 is 2.11 bits per heavy atom. The standard InChI is InChI=1S/C7H13NS/c1-2-4-8-7(3-1)5-9-6-7/h8H,1-6H2. The first kappa shape index (κ1) is 6.05. The first-order valence-electron chi connectivity index (χ1n) is 3.74. The summed E-state index contributed by atoms with van der Waals surface area (Å²) in [5.74, 6) is 2.74. The van der Waals surface area contributed by atoms with Gasteiger partial charge >= 0.3 is 0 Å². The quantitative estimate of drug-likeness (QED) is 0.547. The van der Waals surface area contributed by atoms with Crippen molar-refractivity contribution in [2.24, 2.45) is 0 Å². The van der Waals surface area contributed by atoms with Crippen LogP contribution in [-0.4, -0.2) is 23.6 Å². The Bertz CT molecular complexity index is 101. The van der Waals surface area contributed by atoms with Crippen molar-refractivity contribution in [1.82, 2.24) is 5.32 Å². The van der Waals surface area contributed by atoms with Crippen molar-refractivity contribution in [1.29, 1.82) is 0 Å². The van der Waals surface area contributed by atoms with Gasteiger partial charge in [-0.25, -0.2) is 0 Å². The normalized spacial score (nSPS) is 32.0. The minimum absolute atomic E-state index is 0.614. The van der Waals surface area contributed by atoms with Crippen LogP contribution < -0.4 is 5.32 Å². The zero-order valence-corrected chi connectivity index (χ0v) is 6.47. The molecule has 0 aromatic heterocycles. The van der Waals surface area contributed by atoms with Crippen LogP contribution in [0.2, 0.25) is 0 Å². The number of hydrogen-bond donors (Lipinski definition) is 1. The number of rotatable bonds is 0. The molecule has 2 heterocycles. The van der Waals surface area contributed by atoms with Gasteiger partial charge in [0.2, 0.25) is 0 Å². The second kappa shape index (κ2) is 2.17. The Kier molecular flexibility index (Phi) is 1.46. The third-order valence-electron chi connectivity index (χ3n) is 2.34. The van der Waals surface area contributed by atoms with E-state index in [1.165, 1.54) is 37.3 Å². The highest BCUT2D eigenvalue weighted by Crippen LogP contribution is 2.35. The van der Waals surface area contributed by atoms with Crippen molar-refractivity contribution in [3.05, 3.63) is 0 Å². The fourth-order valence-electron chi connectivity index (χ4n) is 1.63. The molecule has 0 bridgehead atoms. The second-order valence-corrected chi connectivity index (χ2v) is 4.14. The van der Waals surface area contributed by atoms with E-state index in [2.05, 4.69) is 17.1 Å². The molecule has 0 aromatic rings. The van der Waals surface area contributed by atoms with Gasteiger partial charge in [0.1, 0.15) is 0 Å². The summed E-state index contributed by atoms with van der Waals surface area (Å²) in [6.45, 7) is 1.26. The maximum absolute atomic E-state index is 3.61. The molecular formula is C7H13NS. The van der Waals surface area contributed by atoms with Crippen LogP contribution in [0.3, 0.4) is 0 Å². The molecule has 0 aliphatic carbocycles. The predicted octanol–water partition coefficient (Wildman–Crippen LogP) is 1.25. The monoisotopic (exact) mass is 143 g/mol. The lowest BCUT2D eigenvalue weighted by molar-refractivity contribution is 0.301. The van der Waals surface area contributed by atoms with Crippen LogP contribution in [0.1, 0.15) is 19.3 Å². The van der Waals surface area contributed by atoms with E-state index in [0.717, 1.165) is 0 Å². The zero-order valence-electron chi connectivity index (χ0n) is 5.65. The first-order valence-corrected chi connectivity index (χ1v) is 4.90. The van der Waals surface area contributed by atoms with Gasteiger partial charge in [0, 0.05) is 17.0 Å². The smallest absolute Gasteiger partial charge is 0.0362 e. The molecule has 1 nitrogen and oxygen atoms in total. The zero-order chi connectivity index (χ0) is 6.16. The number of nitrogens with one attached hydrogen (secondary N) is 1. The SMILES string of the molecule is C1CCC2(CSC2)NC1. The second-order valence-electron chi connectivity index (χ2n) is 3.16. The highest BCUT2D eigenvalue weighted by molar-refractivity contribution is 8.00. The lowest BCUT2D eigenvalue weighted by Crippen LogP contribution is -2.58. The van der Waals surface area contributed by atoms with E-state index < -0.39 is 0 Å². The van der Waals surface area contributed by atoms with Crippen LogP contribution in [0.25, 0.3) is 0 Å². The lowest BCUT2D eigenvalue weighted by Gasteiger charge is -2.45. The van der Waals surface area contributed by atoms with Crippen LogP contribution in [0, 0.1) is 0 Å². The fourth-order valence-corrected chi connectivity index (χ4v) is 2.81. The van der Waals surface area contributed by atoms with Gasteiger partial charge in [-0.1, -0.05) is 6.42 Å². The van der Waals surface area contributed by atoms with Gasteiger partial charge in [0.05, 0.1) is 0 Å². The summed E-state index contributed by atoms with van der Waals surface area (Å²) < 4.78 is 0. The van der Waals surface area contributed by atoms with E-state index >= 15 is 0 Å². The summed E-state index contributed by atoms with van der Waals surface area (Å²) in [5.41, 5.74) is 0.614. The molecule has 2 fully saturated rings. The molecule has 0 unspecified atom stereocenters. The Balaban J connectivity index is 1.93. The summed E-state index contributed by atoms with van der Waals surface area (Å²) in [4.78, 5) is 0. The van der Waals surface area contributed by atoms with E-state index in [-0.39, 0.29) is 0 Å². The molecule has 2 rings (SSSR count). The summed E-state index contributed by atoms with van der Waals surface area (Å²) in [7, 11) is 0. The summed E-state index contributed by atoms with van der Waals surface area (Å²) in [6.07, 6.45) is 4.28. The van der Waals surface area contributed by atoms with E-state index in [1.54, 1.807) is 0 Å². The molecule has 2 aliphatic rings. The molecule has 0 radical (unpaired) electrons. The number of thioether (sulfide) groups is 1. The van der Waals surface area contributed by atoms with Gasteiger partial charge in [-0.05, 0) is 19.4 Å². The molecule has 1 N–H and O–H groups in total. The van der Waals surface area contributed by atoms with Gasteiger partial charge in [0.15, 0.2) is 0 Å². The lowest BCUT2D eigenvalue weighted by atomic mass is 9.92. The fraction of sp³-hybridized carbons (Fsp3) is 1.00. The average Bonchev–Trinajstić information content (AvgIpc) is 1.87. The molecule has 0 aromatic carbocycles. The average molecular weight is 143 g/mol. The Morgan fingerprint density at radius 1 is 1.22 bits per heavy atom. The van der Waals surface area contributed by atoms with Gasteiger partial charge in [-0.3, -0.25) is 0 Å². The Labute approximate surface area is 60.6 Å². The number of hydrogen-bond acceptors (Lipinski definition) is 2. The van der Waals surface area contributed by atoms with Crippen LogP contribution in [0.4, 0.5) is 0 Å². The van der Waals surface area contributed by atoms with E-state index in [1.807, 2.05) is 0 Å². The molecular weight excluding hydrogens is 130 g/mol. The molecule has 2 aliphatic heterocycles. The maximum atomic E-state index is 3.61. The van der Waals surface area contributed by atoms with Crippen molar-refractivity contribution in [2.75, 3.05) is 18.1 Å². The molecule has 0 amide bonds. The third-order valence-corrected chi connectivity index (χ3v) is 3.85. The van der Waals surface area contributed by atoms with Gasteiger partial charge in [-0.15, -0.1) is 0 Å². The molecule has 1 spiro atoms. The van der Waals surface area contributed by atoms with E-state index in [4.69, 9.17) is 0 Å². The third kappa shape index (κ3) is 0.987. The highest BCUT2D eigenvalue weighted by Gasteiger charge is 2.37. The maximum Gasteiger partial charge on any atom is 0.0362 e. The van der Waals surface area contributed by atoms with E-state index in [0.29, 0.717) is 5.54 Å². The molecule has 2 heteroatoms. The molecule has 0 atom stereocenters. The van der Waals surface area contributed by atoms with Crippen molar-refractivity contribution in [2.45, 2.75) is 24.8 Å². The van der Waals surface area contributed by atoms with Crippen molar-refractivity contribution in [3.8, 4) is 0 Å². The van der Waals surface area contributed by atoms with Gasteiger partial charge in [-0.2, -0.15) is 11.8 Å². The number of piperidine rings is 1. The minimum atomic E-state index is 0.614. The van der Waals surface area contributed by atoms with Crippen molar-refractivity contribution < 1.29 is 0 Å². The topological polar surface area (TPSA) is 12.0 Å². The predicted molar refractivity (Wildman–Crippen MR) is 41.9 cm³/mol. The Morgan fingerprint density at radius 3 is 2.44 bits per heavy atom. The summed E-state index contributed by atoms with van der Waals surface area (Å²) in [5, 5.41) is 3.61. The highest BCUT2D eigenvalue weighted by atomic mass is 32.2. The summed E-state index contributed by atoms with van der Waals surface area (Å²) in [6, 6.07) is 0. The first-order chi connectivity index (χ1) is 4.41. The Hall–Kier alpha value is 0.310. The van der Waals surface area contributed by atoms with Gasteiger partial charge in [0.25, 0.3) is 0 Å². The van der Waals surface area contributed by atoms with Gasteiger partial charge < -0.3 is 5.32 Å². The van der Waals surface area contributed by atoms with Crippen LogP contribution >= 0.6 is 11.8 Å². The van der Waals surface area contributed by atoms with E-state index in [9.17, 15) is 0 Å². The van der Waals surface area contributed by atoms with Crippen LogP contribution in [0.15, 0.2) is 0 Å². The summed E-state index contributed by atoms with van der Waals surface area (Å²) >= 11 is 2.08. The molecule has 0 saturated carbocycles. The van der Waals surface area contributed by atoms with Crippen LogP contribution in [0.5, 0.6) is 0 Å².